The van der Waals surface area contributed by atoms with Gasteiger partial charge in [-0.1, -0.05) is 42.8 Å². The lowest BCUT2D eigenvalue weighted by Crippen LogP contribution is -2.36. The number of nitrogens with zero attached hydrogens (tertiary/aromatic N) is 6. The third-order valence-electron chi connectivity index (χ3n) is 11.9. The van der Waals surface area contributed by atoms with Crippen LogP contribution < -0.4 is 10.6 Å². The van der Waals surface area contributed by atoms with Gasteiger partial charge in [-0.05, 0) is 98.4 Å². The van der Waals surface area contributed by atoms with Gasteiger partial charge in [-0.3, -0.25) is 24.4 Å². The second-order valence-electron chi connectivity index (χ2n) is 15.9. The molecule has 55 heavy (non-hydrogen) atoms. The highest BCUT2D eigenvalue weighted by molar-refractivity contribution is 6.36. The number of anilines is 3. The number of pyridine rings is 2. The van der Waals surface area contributed by atoms with Crippen LogP contribution in [0, 0.1) is 24.7 Å². The van der Waals surface area contributed by atoms with Crippen molar-refractivity contribution in [2.75, 3.05) is 36.8 Å². The summed E-state index contributed by atoms with van der Waals surface area (Å²) >= 11 is 7.07. The van der Waals surface area contributed by atoms with Crippen LogP contribution >= 0.6 is 11.6 Å². The molecule has 0 radical (unpaired) electrons. The molecule has 3 N–H and O–H groups in total. The van der Waals surface area contributed by atoms with Gasteiger partial charge in [-0.2, -0.15) is 0 Å². The summed E-state index contributed by atoms with van der Waals surface area (Å²) in [7, 11) is 1.90. The van der Waals surface area contributed by atoms with Gasteiger partial charge in [-0.15, -0.1) is 0 Å². The van der Waals surface area contributed by atoms with Crippen LogP contribution in [0.2, 0.25) is 5.02 Å². The van der Waals surface area contributed by atoms with E-state index in [1.807, 2.05) is 66.5 Å². The second kappa shape index (κ2) is 15.7. The van der Waals surface area contributed by atoms with Crippen molar-refractivity contribution < 1.29 is 14.7 Å². The number of hydrogen-bond donors (Lipinski definition) is 3. The number of benzene rings is 2. The number of likely N-dealkylation sites (tertiary alicyclic amines) is 1. The summed E-state index contributed by atoms with van der Waals surface area (Å²) in [6.45, 7) is 10.0. The number of carboxylic acids is 1. The van der Waals surface area contributed by atoms with Gasteiger partial charge < -0.3 is 20.3 Å². The van der Waals surface area contributed by atoms with E-state index in [9.17, 15) is 14.7 Å². The highest BCUT2D eigenvalue weighted by Crippen LogP contribution is 2.39. The second-order valence-corrected chi connectivity index (χ2v) is 16.2. The molecule has 2 aliphatic heterocycles. The Hall–Kier alpha value is -4.84. The molecular weight excluding hydrogens is 712 g/mol. The standard InChI is InChI=1S/C43H49ClN8O3/c1-26-15-18-51(22-26)24-29-20-31-14-17-45-40(39(31)46-21-29)47-34-8-4-6-32(27(34)2)33-7-5-9-35(38(33)44)49-42(53)41-48-36-25-52(19-16-37(36)50(41)3)23-28-10-12-30(13-11-28)43(54)55/h4-9,14,17,20-21,26,28,30H,10-13,15-16,18-19,22-25H2,1-3H3,(H,45,47)(H,49,53)(H,54,55)/t26-,28?,30?/m1/s1. The van der Waals surface area contributed by atoms with E-state index >= 15 is 0 Å². The van der Waals surface area contributed by atoms with Crippen LogP contribution in [0.25, 0.3) is 22.0 Å². The van der Waals surface area contributed by atoms with Crippen molar-refractivity contribution in [3.8, 4) is 11.1 Å². The van der Waals surface area contributed by atoms with Gasteiger partial charge in [0.1, 0.15) is 5.52 Å². The van der Waals surface area contributed by atoms with Crippen molar-refractivity contribution in [1.82, 2.24) is 29.3 Å². The molecule has 12 heteroatoms. The maximum absolute atomic E-state index is 13.7. The number of carbonyl (C=O) groups is 2. The lowest BCUT2D eigenvalue weighted by Gasteiger charge is -2.33. The molecule has 5 aromatic rings. The van der Waals surface area contributed by atoms with Crippen molar-refractivity contribution in [2.45, 2.75) is 65.5 Å². The number of halogens is 1. The molecule has 1 saturated heterocycles. The first-order valence-electron chi connectivity index (χ1n) is 19.5. The number of rotatable bonds is 10. The number of hydrogen-bond acceptors (Lipinski definition) is 8. The summed E-state index contributed by atoms with van der Waals surface area (Å²) in [4.78, 5) is 44.4. The molecule has 1 atom stereocenters. The van der Waals surface area contributed by atoms with Gasteiger partial charge in [0.2, 0.25) is 0 Å². The van der Waals surface area contributed by atoms with Gasteiger partial charge in [-0.25, -0.2) is 9.97 Å². The number of nitrogens with one attached hydrogen (secondary N) is 2. The van der Waals surface area contributed by atoms with Crippen LogP contribution in [0.3, 0.4) is 0 Å². The quantitative estimate of drug-likeness (QED) is 0.129. The smallest absolute Gasteiger partial charge is 0.306 e. The first-order chi connectivity index (χ1) is 26.6. The maximum Gasteiger partial charge on any atom is 0.306 e. The number of carbonyl (C=O) groups excluding carboxylic acids is 1. The van der Waals surface area contributed by atoms with Gasteiger partial charge in [0.25, 0.3) is 5.91 Å². The number of aliphatic carboxylic acids is 1. The fourth-order valence-corrected chi connectivity index (χ4v) is 9.09. The SMILES string of the molecule is Cc1c(Nc2nccc3cc(CN4CC[C@@H](C)C4)cnc23)cccc1-c1cccc(NC(=O)c2nc3c(n2C)CCN(CC2CCC(C(=O)O)CC2)C3)c1Cl. The molecule has 5 heterocycles. The van der Waals surface area contributed by atoms with E-state index in [2.05, 4.69) is 45.3 Å². The van der Waals surface area contributed by atoms with Crippen LogP contribution in [0.5, 0.6) is 0 Å². The fraction of sp³-hybridized carbons (Fsp3) is 0.419. The van der Waals surface area contributed by atoms with Crippen LogP contribution in [0.1, 0.15) is 72.2 Å². The zero-order valence-corrected chi connectivity index (χ0v) is 32.6. The van der Waals surface area contributed by atoms with Gasteiger partial charge in [0.05, 0.1) is 22.3 Å². The number of imidazole rings is 1. The predicted molar refractivity (Wildman–Crippen MR) is 217 cm³/mol. The minimum absolute atomic E-state index is 0.208. The Kier molecular flexibility index (Phi) is 10.6. The minimum atomic E-state index is -0.672. The molecule has 0 bridgehead atoms. The first-order valence-corrected chi connectivity index (χ1v) is 19.9. The minimum Gasteiger partial charge on any atom is -0.481 e. The summed E-state index contributed by atoms with van der Waals surface area (Å²) in [5, 5.41) is 17.4. The molecule has 2 fully saturated rings. The average Bonchev–Trinajstić information content (AvgIpc) is 3.74. The number of amides is 1. The highest BCUT2D eigenvalue weighted by Gasteiger charge is 2.30. The van der Waals surface area contributed by atoms with Crippen LogP contribution in [-0.4, -0.2) is 72.5 Å². The Labute approximate surface area is 327 Å². The fourth-order valence-electron chi connectivity index (χ4n) is 8.82. The Balaban J connectivity index is 0.959. The highest BCUT2D eigenvalue weighted by atomic mass is 35.5. The third kappa shape index (κ3) is 7.83. The van der Waals surface area contributed by atoms with Crippen LogP contribution in [0.4, 0.5) is 17.2 Å². The summed E-state index contributed by atoms with van der Waals surface area (Å²) in [6.07, 6.45) is 9.21. The van der Waals surface area contributed by atoms with Crippen LogP contribution in [-0.2, 0) is 31.4 Å². The number of carboxylic acid groups (broad SMARTS) is 1. The van der Waals surface area contributed by atoms with Gasteiger partial charge in [0, 0.05) is 80.9 Å². The van der Waals surface area contributed by atoms with Crippen molar-refractivity contribution in [1.29, 1.82) is 0 Å². The number of aromatic nitrogens is 4. The Bertz CT molecular complexity index is 2250. The molecule has 11 nitrogen and oxygen atoms in total. The zero-order valence-electron chi connectivity index (χ0n) is 31.8. The summed E-state index contributed by atoms with van der Waals surface area (Å²) in [5.41, 5.74) is 8.15. The maximum atomic E-state index is 13.7. The van der Waals surface area contributed by atoms with E-state index < -0.39 is 5.97 Å². The van der Waals surface area contributed by atoms with Crippen molar-refractivity contribution in [2.24, 2.45) is 24.8 Å². The van der Waals surface area contributed by atoms with Crippen molar-refractivity contribution in [3.63, 3.8) is 0 Å². The van der Waals surface area contributed by atoms with Crippen molar-refractivity contribution >= 4 is 51.6 Å². The Morgan fingerprint density at radius 1 is 0.964 bits per heavy atom. The summed E-state index contributed by atoms with van der Waals surface area (Å²) in [6, 6.07) is 16.0. The molecule has 2 aromatic carbocycles. The molecule has 0 unspecified atom stereocenters. The molecule has 3 aromatic heterocycles. The van der Waals surface area contributed by atoms with Gasteiger partial charge >= 0.3 is 5.97 Å². The third-order valence-corrected chi connectivity index (χ3v) is 12.4. The molecule has 3 aliphatic rings. The predicted octanol–water partition coefficient (Wildman–Crippen LogP) is 8.08. The monoisotopic (exact) mass is 760 g/mol. The molecule has 1 amide bonds. The largest absolute Gasteiger partial charge is 0.481 e. The van der Waals surface area contributed by atoms with E-state index in [4.69, 9.17) is 21.6 Å². The molecule has 1 saturated carbocycles. The van der Waals surface area contributed by atoms with Gasteiger partial charge in [0.15, 0.2) is 11.6 Å². The van der Waals surface area contributed by atoms with E-state index in [0.29, 0.717) is 34.8 Å². The van der Waals surface area contributed by atoms with E-state index in [0.717, 1.165) is 115 Å². The normalized spacial score (nSPS) is 20.4. The average molecular weight is 761 g/mol. The Morgan fingerprint density at radius 2 is 1.75 bits per heavy atom. The van der Waals surface area contributed by atoms with E-state index in [-0.39, 0.29) is 11.8 Å². The molecule has 1 aliphatic carbocycles. The lowest BCUT2D eigenvalue weighted by atomic mass is 9.81. The van der Waals surface area contributed by atoms with E-state index in [1.165, 1.54) is 12.0 Å². The summed E-state index contributed by atoms with van der Waals surface area (Å²) < 4.78 is 1.90. The molecule has 0 spiro atoms. The summed E-state index contributed by atoms with van der Waals surface area (Å²) in [5.74, 6) is 1.09. The number of fused-ring (bicyclic) bond motifs is 2. The zero-order chi connectivity index (χ0) is 38.2. The first kappa shape index (κ1) is 37.1. The van der Waals surface area contributed by atoms with Crippen molar-refractivity contribution in [3.05, 3.63) is 94.3 Å². The topological polar surface area (TPSA) is 129 Å². The van der Waals surface area contributed by atoms with Crippen LogP contribution in [0.15, 0.2) is 60.9 Å². The van der Waals surface area contributed by atoms with E-state index in [1.54, 1.807) is 0 Å². The molecule has 8 rings (SSSR count). The molecule has 286 valence electrons. The lowest BCUT2D eigenvalue weighted by molar-refractivity contribution is -0.143. The Morgan fingerprint density at radius 3 is 2.51 bits per heavy atom. The molecular formula is C43H49ClN8O3.